The number of hydrogen-bond acceptors (Lipinski definition) is 3. The van der Waals surface area contributed by atoms with E-state index in [1.54, 1.807) is 0 Å². The lowest BCUT2D eigenvalue weighted by molar-refractivity contribution is 0.283. The van der Waals surface area contributed by atoms with Crippen molar-refractivity contribution < 1.29 is 0 Å². The van der Waals surface area contributed by atoms with Crippen LogP contribution in [0.5, 0.6) is 0 Å². The normalized spacial score (nSPS) is 18.5. The minimum absolute atomic E-state index is 0.480. The van der Waals surface area contributed by atoms with Gasteiger partial charge in [-0.25, -0.2) is 0 Å². The van der Waals surface area contributed by atoms with Crippen LogP contribution >= 0.6 is 11.8 Å². The van der Waals surface area contributed by atoms with Gasteiger partial charge >= 0.3 is 0 Å². The van der Waals surface area contributed by atoms with Crippen LogP contribution in [0.2, 0.25) is 0 Å². The zero-order chi connectivity index (χ0) is 13.7. The highest BCUT2D eigenvalue weighted by Gasteiger charge is 2.14. The van der Waals surface area contributed by atoms with E-state index >= 15 is 0 Å². The first kappa shape index (κ1) is 14.9. The third-order valence-corrected chi connectivity index (χ3v) is 4.78. The van der Waals surface area contributed by atoms with Crippen molar-refractivity contribution in [3.63, 3.8) is 0 Å². The summed E-state index contributed by atoms with van der Waals surface area (Å²) in [5.41, 5.74) is 4.17. The molecule has 106 valence electrons. The SMILES string of the molecule is CNC(CCN1CCSCC1)c1cc(C)cc(C)c1. The first-order chi connectivity index (χ1) is 9.19. The molecule has 1 aromatic rings. The van der Waals surface area contributed by atoms with E-state index < -0.39 is 0 Å². The summed E-state index contributed by atoms with van der Waals surface area (Å²) in [6, 6.07) is 7.37. The average Bonchev–Trinajstić information content (AvgIpc) is 2.39. The highest BCUT2D eigenvalue weighted by Crippen LogP contribution is 2.21. The van der Waals surface area contributed by atoms with E-state index in [1.807, 2.05) is 0 Å². The molecule has 0 radical (unpaired) electrons. The highest BCUT2D eigenvalue weighted by atomic mass is 32.2. The van der Waals surface area contributed by atoms with E-state index in [9.17, 15) is 0 Å². The lowest BCUT2D eigenvalue weighted by atomic mass is 9.99. The van der Waals surface area contributed by atoms with Gasteiger partial charge in [0.05, 0.1) is 0 Å². The molecule has 1 saturated heterocycles. The third-order valence-electron chi connectivity index (χ3n) is 3.83. The molecule has 3 heteroatoms. The molecule has 0 aliphatic carbocycles. The number of nitrogens with zero attached hydrogens (tertiary/aromatic N) is 1. The lowest BCUT2D eigenvalue weighted by Crippen LogP contribution is -2.35. The highest BCUT2D eigenvalue weighted by molar-refractivity contribution is 7.99. The fourth-order valence-corrected chi connectivity index (χ4v) is 3.80. The van der Waals surface area contributed by atoms with Crippen LogP contribution in [-0.2, 0) is 0 Å². The summed E-state index contributed by atoms with van der Waals surface area (Å²) in [6.45, 7) is 8.09. The van der Waals surface area contributed by atoms with Crippen molar-refractivity contribution in [3.05, 3.63) is 34.9 Å². The molecule has 1 atom stereocenters. The summed E-state index contributed by atoms with van der Waals surface area (Å²) in [5, 5.41) is 3.48. The molecule has 1 aliphatic rings. The Morgan fingerprint density at radius 3 is 2.37 bits per heavy atom. The van der Waals surface area contributed by atoms with Gasteiger partial charge in [-0.2, -0.15) is 11.8 Å². The van der Waals surface area contributed by atoms with Crippen molar-refractivity contribution in [3.8, 4) is 0 Å². The largest absolute Gasteiger partial charge is 0.313 e. The van der Waals surface area contributed by atoms with E-state index in [-0.39, 0.29) is 0 Å². The summed E-state index contributed by atoms with van der Waals surface area (Å²) in [6.07, 6.45) is 1.20. The van der Waals surface area contributed by atoms with Crippen LogP contribution in [0.3, 0.4) is 0 Å². The van der Waals surface area contributed by atoms with Gasteiger partial charge < -0.3 is 10.2 Å². The summed E-state index contributed by atoms with van der Waals surface area (Å²) in [4.78, 5) is 2.60. The number of aryl methyl sites for hydroxylation is 2. The Morgan fingerprint density at radius 2 is 1.79 bits per heavy atom. The van der Waals surface area contributed by atoms with Gasteiger partial charge in [-0.05, 0) is 32.9 Å². The van der Waals surface area contributed by atoms with Crippen molar-refractivity contribution in [2.75, 3.05) is 38.2 Å². The Kier molecular flexibility index (Phi) is 5.74. The van der Waals surface area contributed by atoms with Gasteiger partial charge in [-0.15, -0.1) is 0 Å². The van der Waals surface area contributed by atoms with Gasteiger partial charge in [-0.1, -0.05) is 29.3 Å². The predicted octanol–water partition coefficient (Wildman–Crippen LogP) is 3.00. The van der Waals surface area contributed by atoms with Crippen LogP contribution < -0.4 is 5.32 Å². The van der Waals surface area contributed by atoms with E-state index in [0.717, 1.165) is 0 Å². The Morgan fingerprint density at radius 1 is 1.16 bits per heavy atom. The van der Waals surface area contributed by atoms with Gasteiger partial charge in [0, 0.05) is 37.2 Å². The van der Waals surface area contributed by atoms with Crippen molar-refractivity contribution in [2.45, 2.75) is 26.3 Å². The fourth-order valence-electron chi connectivity index (χ4n) is 2.83. The van der Waals surface area contributed by atoms with E-state index in [0.29, 0.717) is 6.04 Å². The molecule has 1 heterocycles. The maximum absolute atomic E-state index is 3.48. The van der Waals surface area contributed by atoms with Gasteiger partial charge in [0.1, 0.15) is 0 Å². The second kappa shape index (κ2) is 7.32. The quantitative estimate of drug-likeness (QED) is 0.891. The molecule has 0 amide bonds. The lowest BCUT2D eigenvalue weighted by Gasteiger charge is -2.28. The zero-order valence-electron chi connectivity index (χ0n) is 12.4. The van der Waals surface area contributed by atoms with Gasteiger partial charge in [0.15, 0.2) is 0 Å². The predicted molar refractivity (Wildman–Crippen MR) is 86.1 cm³/mol. The Hall–Kier alpha value is -0.510. The van der Waals surface area contributed by atoms with Crippen LogP contribution in [0, 0.1) is 13.8 Å². The summed E-state index contributed by atoms with van der Waals surface area (Å²) in [7, 11) is 2.08. The van der Waals surface area contributed by atoms with Crippen molar-refractivity contribution in [2.24, 2.45) is 0 Å². The molecule has 0 spiro atoms. The minimum atomic E-state index is 0.480. The maximum Gasteiger partial charge on any atom is 0.0329 e. The van der Waals surface area contributed by atoms with Gasteiger partial charge in [-0.3, -0.25) is 0 Å². The molecular formula is C16H26N2S. The fraction of sp³-hybridized carbons (Fsp3) is 0.625. The smallest absolute Gasteiger partial charge is 0.0329 e. The summed E-state index contributed by atoms with van der Waals surface area (Å²) < 4.78 is 0. The second-order valence-electron chi connectivity index (χ2n) is 5.50. The van der Waals surface area contributed by atoms with Crippen LogP contribution in [-0.4, -0.2) is 43.1 Å². The van der Waals surface area contributed by atoms with Crippen molar-refractivity contribution in [1.29, 1.82) is 0 Å². The average molecular weight is 278 g/mol. The molecule has 1 unspecified atom stereocenters. The van der Waals surface area contributed by atoms with Crippen LogP contribution in [0.15, 0.2) is 18.2 Å². The monoisotopic (exact) mass is 278 g/mol. The van der Waals surface area contributed by atoms with Crippen molar-refractivity contribution in [1.82, 2.24) is 10.2 Å². The standard InChI is InChI=1S/C16H26N2S/c1-13-10-14(2)12-15(11-13)16(17-3)4-5-18-6-8-19-9-7-18/h10-12,16-17H,4-9H2,1-3H3. The molecule has 0 bridgehead atoms. The number of thioether (sulfide) groups is 1. The molecule has 2 rings (SSSR count). The maximum atomic E-state index is 3.48. The summed E-state index contributed by atoms with van der Waals surface area (Å²) in [5.74, 6) is 2.60. The Labute approximate surface area is 122 Å². The first-order valence-corrected chi connectivity index (χ1v) is 8.40. The third kappa shape index (κ3) is 4.51. The van der Waals surface area contributed by atoms with Crippen LogP contribution in [0.1, 0.15) is 29.2 Å². The van der Waals surface area contributed by atoms with Crippen LogP contribution in [0.4, 0.5) is 0 Å². The molecule has 1 aromatic carbocycles. The molecule has 1 aliphatic heterocycles. The van der Waals surface area contributed by atoms with E-state index in [1.165, 1.54) is 54.3 Å². The van der Waals surface area contributed by atoms with E-state index in [2.05, 4.69) is 61.1 Å². The molecular weight excluding hydrogens is 252 g/mol. The van der Waals surface area contributed by atoms with E-state index in [4.69, 9.17) is 0 Å². The first-order valence-electron chi connectivity index (χ1n) is 7.24. The number of hydrogen-bond donors (Lipinski definition) is 1. The summed E-state index contributed by atoms with van der Waals surface area (Å²) >= 11 is 2.08. The molecule has 1 N–H and O–H groups in total. The molecule has 19 heavy (non-hydrogen) atoms. The van der Waals surface area contributed by atoms with Gasteiger partial charge in [0.2, 0.25) is 0 Å². The minimum Gasteiger partial charge on any atom is -0.313 e. The molecule has 0 saturated carbocycles. The second-order valence-corrected chi connectivity index (χ2v) is 6.73. The number of rotatable bonds is 5. The zero-order valence-corrected chi connectivity index (χ0v) is 13.2. The Bertz CT molecular complexity index is 379. The van der Waals surface area contributed by atoms with Crippen LogP contribution in [0.25, 0.3) is 0 Å². The number of nitrogens with one attached hydrogen (secondary N) is 1. The molecule has 1 fully saturated rings. The molecule has 0 aromatic heterocycles. The van der Waals surface area contributed by atoms with Gasteiger partial charge in [0.25, 0.3) is 0 Å². The molecule has 2 nitrogen and oxygen atoms in total. The Balaban J connectivity index is 1.95. The number of benzene rings is 1. The van der Waals surface area contributed by atoms with Crippen molar-refractivity contribution >= 4 is 11.8 Å². The topological polar surface area (TPSA) is 15.3 Å².